The summed E-state index contributed by atoms with van der Waals surface area (Å²) in [6.45, 7) is 6.35. The summed E-state index contributed by atoms with van der Waals surface area (Å²) in [5, 5.41) is 2.83. The Balaban J connectivity index is 0.00000400. The van der Waals surface area contributed by atoms with Gasteiger partial charge < -0.3 is 15.8 Å². The van der Waals surface area contributed by atoms with Gasteiger partial charge in [-0.25, -0.2) is 0 Å². The zero-order chi connectivity index (χ0) is 15.1. The molecule has 3 N–H and O–H groups in total. The molecule has 0 radical (unpaired) electrons. The van der Waals surface area contributed by atoms with Crippen molar-refractivity contribution in [3.63, 3.8) is 0 Å². The second kappa shape index (κ2) is 10.0. The minimum Gasteiger partial charge on any atom is -0.488 e. The Kier molecular flexibility index (Phi) is 9.66. The Bertz CT molecular complexity index is 445. The van der Waals surface area contributed by atoms with Crippen molar-refractivity contribution in [1.29, 1.82) is 0 Å². The number of hydrogen-bond donors (Lipinski definition) is 2. The topological polar surface area (TPSA) is 64.4 Å². The minimum absolute atomic E-state index is 0. The van der Waals surface area contributed by atoms with E-state index < -0.39 is 6.04 Å². The number of amides is 1. The van der Waals surface area contributed by atoms with Crippen LogP contribution in [0.15, 0.2) is 28.7 Å². The SMILES string of the molecule is CCC(C)C(N)C(=O)NCC(C)Oc1ccccc1Br.Cl. The molecule has 1 aromatic rings. The summed E-state index contributed by atoms with van der Waals surface area (Å²) in [7, 11) is 0. The van der Waals surface area contributed by atoms with Gasteiger partial charge in [-0.1, -0.05) is 32.4 Å². The number of halogens is 2. The van der Waals surface area contributed by atoms with Gasteiger partial charge in [-0.15, -0.1) is 12.4 Å². The lowest BCUT2D eigenvalue weighted by Crippen LogP contribution is -2.47. The number of nitrogens with two attached hydrogens (primary N) is 1. The molecule has 1 aromatic carbocycles. The highest BCUT2D eigenvalue weighted by Gasteiger charge is 2.19. The molecule has 1 amide bonds. The molecule has 0 saturated heterocycles. The average Bonchev–Trinajstić information content (AvgIpc) is 2.45. The molecule has 0 fully saturated rings. The van der Waals surface area contributed by atoms with Crippen LogP contribution in [-0.4, -0.2) is 24.6 Å². The van der Waals surface area contributed by atoms with Crippen molar-refractivity contribution in [2.75, 3.05) is 6.54 Å². The molecule has 0 aliphatic carbocycles. The fraction of sp³-hybridized carbons (Fsp3) is 0.533. The van der Waals surface area contributed by atoms with Crippen molar-refractivity contribution < 1.29 is 9.53 Å². The van der Waals surface area contributed by atoms with Crippen molar-refractivity contribution in [3.05, 3.63) is 28.7 Å². The standard InChI is InChI=1S/C15H23BrN2O2.ClH/c1-4-10(2)14(17)15(19)18-9-11(3)20-13-8-6-5-7-12(13)16;/h5-8,10-11,14H,4,9,17H2,1-3H3,(H,18,19);1H. The number of benzene rings is 1. The van der Waals surface area contributed by atoms with Gasteiger partial charge in [0.2, 0.25) is 5.91 Å². The molecule has 3 atom stereocenters. The molecule has 0 bridgehead atoms. The number of hydrogen-bond acceptors (Lipinski definition) is 3. The molecule has 1 rings (SSSR count). The van der Waals surface area contributed by atoms with Crippen molar-refractivity contribution in [3.8, 4) is 5.75 Å². The zero-order valence-electron chi connectivity index (χ0n) is 12.6. The lowest BCUT2D eigenvalue weighted by molar-refractivity contribution is -0.123. The quantitative estimate of drug-likeness (QED) is 0.765. The van der Waals surface area contributed by atoms with Crippen molar-refractivity contribution >= 4 is 34.2 Å². The van der Waals surface area contributed by atoms with Gasteiger partial charge in [0.05, 0.1) is 17.1 Å². The van der Waals surface area contributed by atoms with Gasteiger partial charge in [-0.3, -0.25) is 4.79 Å². The highest BCUT2D eigenvalue weighted by atomic mass is 79.9. The summed E-state index contributed by atoms with van der Waals surface area (Å²) >= 11 is 3.42. The summed E-state index contributed by atoms with van der Waals surface area (Å²) in [6, 6.07) is 7.17. The average molecular weight is 380 g/mol. The fourth-order valence-corrected chi connectivity index (χ4v) is 2.05. The first-order valence-electron chi connectivity index (χ1n) is 6.90. The van der Waals surface area contributed by atoms with Gasteiger partial charge in [0.15, 0.2) is 0 Å². The number of carbonyl (C=O) groups excluding carboxylic acids is 1. The molecular weight excluding hydrogens is 356 g/mol. The Labute approximate surface area is 141 Å². The van der Waals surface area contributed by atoms with Crippen LogP contribution < -0.4 is 15.8 Å². The summed E-state index contributed by atoms with van der Waals surface area (Å²) < 4.78 is 6.66. The first kappa shape index (κ1) is 20.2. The van der Waals surface area contributed by atoms with E-state index in [0.717, 1.165) is 16.6 Å². The third-order valence-electron chi connectivity index (χ3n) is 3.29. The van der Waals surface area contributed by atoms with Crippen LogP contribution >= 0.6 is 28.3 Å². The highest BCUT2D eigenvalue weighted by molar-refractivity contribution is 9.10. The molecule has 0 saturated carbocycles. The summed E-state index contributed by atoms with van der Waals surface area (Å²) in [4.78, 5) is 11.9. The number of nitrogens with one attached hydrogen (secondary N) is 1. The van der Waals surface area contributed by atoms with Crippen LogP contribution in [0.3, 0.4) is 0 Å². The van der Waals surface area contributed by atoms with E-state index in [0.29, 0.717) is 6.54 Å². The molecular formula is C15H24BrClN2O2. The summed E-state index contributed by atoms with van der Waals surface area (Å²) in [5.74, 6) is 0.817. The lowest BCUT2D eigenvalue weighted by Gasteiger charge is -2.20. The van der Waals surface area contributed by atoms with Crippen LogP contribution in [0.4, 0.5) is 0 Å². The Morgan fingerprint density at radius 1 is 1.38 bits per heavy atom. The Hall–Kier alpha value is -0.780. The predicted molar refractivity (Wildman–Crippen MR) is 91.9 cm³/mol. The molecule has 0 aliphatic rings. The monoisotopic (exact) mass is 378 g/mol. The van der Waals surface area contributed by atoms with E-state index in [9.17, 15) is 4.79 Å². The fourth-order valence-electron chi connectivity index (χ4n) is 1.67. The van der Waals surface area contributed by atoms with Crippen LogP contribution in [0.5, 0.6) is 5.75 Å². The predicted octanol–water partition coefficient (Wildman–Crippen LogP) is 3.13. The maximum atomic E-state index is 11.9. The molecule has 21 heavy (non-hydrogen) atoms. The second-order valence-electron chi connectivity index (χ2n) is 5.02. The first-order valence-corrected chi connectivity index (χ1v) is 7.69. The minimum atomic E-state index is -0.462. The molecule has 0 aromatic heterocycles. The largest absolute Gasteiger partial charge is 0.488 e. The normalized spacial score (nSPS) is 14.5. The maximum Gasteiger partial charge on any atom is 0.237 e. The number of para-hydroxylation sites is 1. The molecule has 3 unspecified atom stereocenters. The molecule has 6 heteroatoms. The molecule has 0 aliphatic heterocycles. The van der Waals surface area contributed by atoms with E-state index in [1.807, 2.05) is 45.0 Å². The van der Waals surface area contributed by atoms with E-state index in [1.54, 1.807) is 0 Å². The number of carbonyl (C=O) groups is 1. The van der Waals surface area contributed by atoms with Crippen LogP contribution in [0.2, 0.25) is 0 Å². The molecule has 0 heterocycles. The molecule has 4 nitrogen and oxygen atoms in total. The second-order valence-corrected chi connectivity index (χ2v) is 5.87. The first-order chi connectivity index (χ1) is 9.45. The van der Waals surface area contributed by atoms with E-state index in [2.05, 4.69) is 21.2 Å². The van der Waals surface area contributed by atoms with E-state index in [4.69, 9.17) is 10.5 Å². The van der Waals surface area contributed by atoms with Gasteiger partial charge in [0, 0.05) is 0 Å². The van der Waals surface area contributed by atoms with E-state index in [1.165, 1.54) is 0 Å². The van der Waals surface area contributed by atoms with Crippen LogP contribution in [0, 0.1) is 5.92 Å². The van der Waals surface area contributed by atoms with Gasteiger partial charge in [-0.05, 0) is 40.9 Å². The smallest absolute Gasteiger partial charge is 0.237 e. The van der Waals surface area contributed by atoms with Crippen LogP contribution in [0.25, 0.3) is 0 Å². The Morgan fingerprint density at radius 2 is 2.00 bits per heavy atom. The van der Waals surface area contributed by atoms with E-state index >= 15 is 0 Å². The van der Waals surface area contributed by atoms with Crippen LogP contribution in [-0.2, 0) is 4.79 Å². The van der Waals surface area contributed by atoms with Gasteiger partial charge >= 0.3 is 0 Å². The van der Waals surface area contributed by atoms with Crippen LogP contribution in [0.1, 0.15) is 27.2 Å². The maximum absolute atomic E-state index is 11.9. The van der Waals surface area contributed by atoms with Crippen molar-refractivity contribution in [1.82, 2.24) is 5.32 Å². The third kappa shape index (κ3) is 6.68. The van der Waals surface area contributed by atoms with Crippen molar-refractivity contribution in [2.24, 2.45) is 11.7 Å². The molecule has 120 valence electrons. The number of rotatable bonds is 7. The molecule has 0 spiro atoms. The highest BCUT2D eigenvalue weighted by Crippen LogP contribution is 2.24. The van der Waals surface area contributed by atoms with Crippen molar-refractivity contribution in [2.45, 2.75) is 39.3 Å². The zero-order valence-corrected chi connectivity index (χ0v) is 15.0. The Morgan fingerprint density at radius 3 is 2.57 bits per heavy atom. The number of ether oxygens (including phenoxy) is 1. The summed E-state index contributed by atoms with van der Waals surface area (Å²) in [6.07, 6.45) is 0.763. The van der Waals surface area contributed by atoms with Gasteiger partial charge in [0.25, 0.3) is 0 Å². The lowest BCUT2D eigenvalue weighted by atomic mass is 9.99. The third-order valence-corrected chi connectivity index (χ3v) is 3.94. The summed E-state index contributed by atoms with van der Waals surface area (Å²) in [5.41, 5.74) is 5.87. The van der Waals surface area contributed by atoms with Gasteiger partial charge in [-0.2, -0.15) is 0 Å². The van der Waals surface area contributed by atoms with E-state index in [-0.39, 0.29) is 30.3 Å². The van der Waals surface area contributed by atoms with Gasteiger partial charge in [0.1, 0.15) is 11.9 Å².